The van der Waals surface area contributed by atoms with Crippen molar-refractivity contribution in [2.24, 2.45) is 0 Å². The van der Waals surface area contributed by atoms with Crippen LogP contribution in [0.5, 0.6) is 0 Å². The number of anilines is 2. The first kappa shape index (κ1) is 10.1. The molecule has 0 saturated carbocycles. The summed E-state index contributed by atoms with van der Waals surface area (Å²) < 4.78 is 0. The fraction of sp³-hybridized carbons (Fsp3) is 0.333. The summed E-state index contributed by atoms with van der Waals surface area (Å²) in [5.41, 5.74) is 6.81. The molecule has 1 aromatic carbocycles. The van der Waals surface area contributed by atoms with Gasteiger partial charge in [0.05, 0.1) is 5.69 Å². The van der Waals surface area contributed by atoms with Crippen LogP contribution in [0, 0.1) is 0 Å². The molecule has 5 heteroatoms. The van der Waals surface area contributed by atoms with E-state index in [1.807, 2.05) is 0 Å². The van der Waals surface area contributed by atoms with Crippen LogP contribution in [0.1, 0.15) is 12.8 Å². The molecule has 0 aliphatic carbocycles. The zero-order chi connectivity index (χ0) is 12.0. The van der Waals surface area contributed by atoms with Gasteiger partial charge in [0.1, 0.15) is 6.04 Å². The molecule has 17 heavy (non-hydrogen) atoms. The molecule has 2 aliphatic heterocycles. The van der Waals surface area contributed by atoms with E-state index in [1.54, 1.807) is 29.2 Å². The van der Waals surface area contributed by atoms with Crippen LogP contribution >= 0.6 is 0 Å². The van der Waals surface area contributed by atoms with E-state index in [4.69, 9.17) is 5.73 Å². The molecule has 0 radical (unpaired) electrons. The van der Waals surface area contributed by atoms with Crippen LogP contribution in [0.25, 0.3) is 0 Å². The Morgan fingerprint density at radius 2 is 1.88 bits per heavy atom. The lowest BCUT2D eigenvalue weighted by molar-refractivity contribution is -0.119. The molecule has 2 N–H and O–H groups in total. The van der Waals surface area contributed by atoms with Crippen LogP contribution in [0.4, 0.5) is 16.2 Å². The number of nitrogens with two attached hydrogens (primary N) is 1. The van der Waals surface area contributed by atoms with Crippen molar-refractivity contribution < 1.29 is 9.59 Å². The fourth-order valence-electron chi connectivity index (χ4n) is 2.49. The van der Waals surface area contributed by atoms with Crippen LogP contribution in [-0.2, 0) is 4.79 Å². The number of carbonyl (C=O) groups is 2. The number of rotatable bonds is 1. The van der Waals surface area contributed by atoms with Crippen LogP contribution in [0.2, 0.25) is 0 Å². The molecule has 3 amide bonds. The highest BCUT2D eigenvalue weighted by Crippen LogP contribution is 2.31. The summed E-state index contributed by atoms with van der Waals surface area (Å²) in [6.07, 6.45) is 1.69. The van der Waals surface area contributed by atoms with E-state index in [1.165, 1.54) is 4.90 Å². The van der Waals surface area contributed by atoms with E-state index in [0.717, 1.165) is 12.8 Å². The van der Waals surface area contributed by atoms with Gasteiger partial charge < -0.3 is 10.6 Å². The number of imide groups is 1. The first-order chi connectivity index (χ1) is 8.18. The van der Waals surface area contributed by atoms with Gasteiger partial charge in [0, 0.05) is 12.2 Å². The molecule has 0 unspecified atom stereocenters. The summed E-state index contributed by atoms with van der Waals surface area (Å²) in [7, 11) is 0. The second-order valence-electron chi connectivity index (χ2n) is 4.40. The van der Waals surface area contributed by atoms with Crippen LogP contribution < -0.4 is 10.6 Å². The number of hydrogen-bond acceptors (Lipinski definition) is 3. The molecule has 1 atom stereocenters. The van der Waals surface area contributed by atoms with Gasteiger partial charge in [-0.05, 0) is 37.1 Å². The van der Waals surface area contributed by atoms with Gasteiger partial charge in [-0.2, -0.15) is 0 Å². The normalized spacial score (nSPS) is 23.4. The number of carbonyl (C=O) groups excluding carboxylic acids is 2. The quantitative estimate of drug-likeness (QED) is 0.583. The molecule has 0 bridgehead atoms. The van der Waals surface area contributed by atoms with Crippen LogP contribution in [-0.4, -0.2) is 29.4 Å². The number of nitrogens with zero attached hydrogens (tertiary/aromatic N) is 2. The van der Waals surface area contributed by atoms with Gasteiger partial charge in [-0.1, -0.05) is 0 Å². The molecule has 5 nitrogen and oxygen atoms in total. The first-order valence-corrected chi connectivity index (χ1v) is 5.68. The molecular formula is C12H13N3O2. The topological polar surface area (TPSA) is 66.6 Å². The molecule has 0 spiro atoms. The predicted octanol–water partition coefficient (Wildman–Crippen LogP) is 1.20. The lowest BCUT2D eigenvalue weighted by atomic mass is 10.2. The monoisotopic (exact) mass is 231 g/mol. The number of urea groups is 1. The van der Waals surface area contributed by atoms with Gasteiger partial charge in [0.25, 0.3) is 5.91 Å². The average molecular weight is 231 g/mol. The summed E-state index contributed by atoms with van der Waals surface area (Å²) >= 11 is 0. The molecular weight excluding hydrogens is 218 g/mol. The minimum absolute atomic E-state index is 0.114. The standard InChI is InChI=1S/C12H13N3O2/c13-8-3-5-9(6-4-8)15-11(16)10-2-1-7-14(10)12(15)17/h3-6,10H,1-2,7,13H2/t10-/m0/s1. The van der Waals surface area contributed by atoms with Crippen molar-refractivity contribution in [3.05, 3.63) is 24.3 Å². The zero-order valence-corrected chi connectivity index (χ0v) is 9.30. The molecule has 1 aromatic rings. The molecule has 0 aromatic heterocycles. The van der Waals surface area contributed by atoms with Crippen molar-refractivity contribution in [1.82, 2.24) is 4.90 Å². The summed E-state index contributed by atoms with van der Waals surface area (Å²) in [6, 6.07) is 6.33. The SMILES string of the molecule is Nc1ccc(N2C(=O)[C@@H]3CCCN3C2=O)cc1. The Balaban J connectivity index is 1.96. The van der Waals surface area contributed by atoms with E-state index in [2.05, 4.69) is 0 Å². The van der Waals surface area contributed by atoms with Gasteiger partial charge in [0.15, 0.2) is 0 Å². The average Bonchev–Trinajstić information content (AvgIpc) is 2.87. The van der Waals surface area contributed by atoms with Crippen LogP contribution in [0.3, 0.4) is 0 Å². The first-order valence-electron chi connectivity index (χ1n) is 5.68. The van der Waals surface area contributed by atoms with Crippen molar-refractivity contribution in [3.63, 3.8) is 0 Å². The fourth-order valence-corrected chi connectivity index (χ4v) is 2.49. The Morgan fingerprint density at radius 1 is 1.18 bits per heavy atom. The lowest BCUT2D eigenvalue weighted by Crippen LogP contribution is -2.32. The largest absolute Gasteiger partial charge is 0.399 e. The Labute approximate surface area is 98.8 Å². The summed E-state index contributed by atoms with van der Waals surface area (Å²) in [4.78, 5) is 27.1. The van der Waals surface area contributed by atoms with Gasteiger partial charge >= 0.3 is 6.03 Å². The maximum atomic E-state index is 12.1. The minimum atomic E-state index is -0.250. The number of nitrogen functional groups attached to an aromatic ring is 1. The Kier molecular flexibility index (Phi) is 2.07. The third-order valence-corrected chi connectivity index (χ3v) is 3.35. The highest BCUT2D eigenvalue weighted by molar-refractivity contribution is 6.21. The lowest BCUT2D eigenvalue weighted by Gasteiger charge is -2.15. The zero-order valence-electron chi connectivity index (χ0n) is 9.30. The summed E-state index contributed by atoms with van der Waals surface area (Å²) in [5, 5.41) is 0. The van der Waals surface area contributed by atoms with Crippen molar-refractivity contribution in [2.75, 3.05) is 17.2 Å². The molecule has 2 aliphatic rings. The van der Waals surface area contributed by atoms with Gasteiger partial charge in [-0.15, -0.1) is 0 Å². The molecule has 2 saturated heterocycles. The van der Waals surface area contributed by atoms with E-state index < -0.39 is 0 Å². The Hall–Kier alpha value is -2.04. The number of benzene rings is 1. The van der Waals surface area contributed by atoms with Crippen molar-refractivity contribution in [1.29, 1.82) is 0 Å². The maximum absolute atomic E-state index is 12.1. The minimum Gasteiger partial charge on any atom is -0.399 e. The molecule has 88 valence electrons. The van der Waals surface area contributed by atoms with E-state index >= 15 is 0 Å². The third-order valence-electron chi connectivity index (χ3n) is 3.35. The second-order valence-corrected chi connectivity index (χ2v) is 4.40. The smallest absolute Gasteiger partial charge is 0.332 e. The highest BCUT2D eigenvalue weighted by atomic mass is 16.2. The maximum Gasteiger partial charge on any atom is 0.332 e. The predicted molar refractivity (Wildman–Crippen MR) is 63.5 cm³/mol. The molecule has 2 heterocycles. The number of hydrogen-bond donors (Lipinski definition) is 1. The summed E-state index contributed by atoms with van der Waals surface area (Å²) in [6.45, 7) is 0.681. The van der Waals surface area contributed by atoms with Crippen molar-refractivity contribution >= 4 is 23.3 Å². The van der Waals surface area contributed by atoms with Crippen molar-refractivity contribution in [3.8, 4) is 0 Å². The van der Waals surface area contributed by atoms with E-state index in [9.17, 15) is 9.59 Å². The Bertz CT molecular complexity index is 461. The highest BCUT2D eigenvalue weighted by Gasteiger charge is 2.47. The van der Waals surface area contributed by atoms with E-state index in [-0.39, 0.29) is 18.0 Å². The molecule has 2 fully saturated rings. The Morgan fingerprint density at radius 3 is 2.53 bits per heavy atom. The number of amides is 3. The van der Waals surface area contributed by atoms with Gasteiger partial charge in [-0.3, -0.25) is 4.79 Å². The van der Waals surface area contributed by atoms with Crippen molar-refractivity contribution in [2.45, 2.75) is 18.9 Å². The van der Waals surface area contributed by atoms with Crippen LogP contribution in [0.15, 0.2) is 24.3 Å². The number of fused-ring (bicyclic) bond motifs is 1. The second kappa shape index (κ2) is 3.48. The molecule has 3 rings (SSSR count). The third kappa shape index (κ3) is 1.39. The van der Waals surface area contributed by atoms with E-state index in [0.29, 0.717) is 17.9 Å². The van der Waals surface area contributed by atoms with Gasteiger partial charge in [0.2, 0.25) is 0 Å². The van der Waals surface area contributed by atoms with Gasteiger partial charge in [-0.25, -0.2) is 9.69 Å². The summed E-state index contributed by atoms with van der Waals surface area (Å²) in [5.74, 6) is -0.114.